The number of aliphatic hydroxyl groups is 1. The van der Waals surface area contributed by atoms with Crippen molar-refractivity contribution in [3.8, 4) is 0 Å². The molecule has 1 N–H and O–H groups in total. The van der Waals surface area contributed by atoms with Gasteiger partial charge in [0.25, 0.3) is 5.91 Å². The van der Waals surface area contributed by atoms with E-state index in [-0.39, 0.29) is 17.9 Å². The van der Waals surface area contributed by atoms with Crippen molar-refractivity contribution in [2.75, 3.05) is 20.7 Å². The number of hydrogen-bond donors (Lipinski definition) is 1. The van der Waals surface area contributed by atoms with Gasteiger partial charge in [0.2, 0.25) is 0 Å². The van der Waals surface area contributed by atoms with E-state index in [2.05, 4.69) is 4.98 Å². The Bertz CT molecular complexity index is 449. The largest absolute Gasteiger partial charge is 0.393 e. The molecule has 112 valence electrons. The second-order valence-electron chi connectivity index (χ2n) is 5.36. The van der Waals surface area contributed by atoms with Crippen LogP contribution in [-0.4, -0.2) is 47.7 Å². The Hall–Kier alpha value is -0.980. The molecule has 1 aromatic heterocycles. The molecule has 2 unspecified atom stereocenters. The molecule has 1 aliphatic carbocycles. The molecule has 0 aliphatic heterocycles. The van der Waals surface area contributed by atoms with Crippen LogP contribution in [0.25, 0.3) is 0 Å². The summed E-state index contributed by atoms with van der Waals surface area (Å²) in [5.41, 5.74) is 0.467. The minimum atomic E-state index is -0.279. The van der Waals surface area contributed by atoms with E-state index in [1.165, 1.54) is 11.3 Å². The molecule has 0 spiro atoms. The molecule has 1 aliphatic rings. The van der Waals surface area contributed by atoms with Crippen molar-refractivity contribution in [1.82, 2.24) is 9.88 Å². The van der Waals surface area contributed by atoms with Crippen molar-refractivity contribution in [3.05, 3.63) is 16.1 Å². The highest BCUT2D eigenvalue weighted by molar-refractivity contribution is 7.09. The van der Waals surface area contributed by atoms with Crippen molar-refractivity contribution >= 4 is 17.2 Å². The molecule has 6 heteroatoms. The van der Waals surface area contributed by atoms with E-state index in [0.29, 0.717) is 18.8 Å². The monoisotopic (exact) mass is 298 g/mol. The number of amides is 1. The third kappa shape index (κ3) is 3.77. The average Bonchev–Trinajstić information content (AvgIpc) is 2.89. The first-order valence-corrected chi connectivity index (χ1v) is 7.86. The maximum Gasteiger partial charge on any atom is 0.273 e. The van der Waals surface area contributed by atoms with Crippen LogP contribution in [0.15, 0.2) is 5.38 Å². The van der Waals surface area contributed by atoms with Crippen LogP contribution in [0.5, 0.6) is 0 Å². The van der Waals surface area contributed by atoms with E-state index in [0.717, 1.165) is 30.7 Å². The van der Waals surface area contributed by atoms with Gasteiger partial charge in [-0.1, -0.05) is 12.8 Å². The van der Waals surface area contributed by atoms with Gasteiger partial charge in [0, 0.05) is 32.0 Å². The van der Waals surface area contributed by atoms with Crippen LogP contribution < -0.4 is 0 Å². The van der Waals surface area contributed by atoms with Gasteiger partial charge >= 0.3 is 0 Å². The second-order valence-corrected chi connectivity index (χ2v) is 6.30. The summed E-state index contributed by atoms with van der Waals surface area (Å²) < 4.78 is 5.01. The number of hydrogen-bond acceptors (Lipinski definition) is 5. The topological polar surface area (TPSA) is 62.7 Å². The lowest BCUT2D eigenvalue weighted by atomic mass is 9.86. The van der Waals surface area contributed by atoms with Crippen LogP contribution in [0.1, 0.15) is 41.2 Å². The smallest absolute Gasteiger partial charge is 0.273 e. The normalized spacial score (nSPS) is 22.8. The summed E-state index contributed by atoms with van der Waals surface area (Å²) >= 11 is 1.43. The molecule has 1 amide bonds. The zero-order chi connectivity index (χ0) is 14.5. The predicted molar refractivity (Wildman–Crippen MR) is 77.8 cm³/mol. The summed E-state index contributed by atoms with van der Waals surface area (Å²) in [5.74, 6) is 0.108. The zero-order valence-electron chi connectivity index (χ0n) is 12.0. The fourth-order valence-corrected chi connectivity index (χ4v) is 3.37. The lowest BCUT2D eigenvalue weighted by molar-refractivity contribution is 0.0448. The predicted octanol–water partition coefficient (Wildman–Crippen LogP) is 1.91. The molecule has 1 aromatic rings. The molecule has 0 bridgehead atoms. The summed E-state index contributed by atoms with van der Waals surface area (Å²) in [4.78, 5) is 18.2. The molecular weight excluding hydrogens is 276 g/mol. The number of ether oxygens (including phenoxy) is 1. The van der Waals surface area contributed by atoms with E-state index in [4.69, 9.17) is 4.74 Å². The molecule has 1 saturated carbocycles. The van der Waals surface area contributed by atoms with Crippen LogP contribution in [0.4, 0.5) is 0 Å². The number of rotatable bonds is 5. The number of carbonyl (C=O) groups is 1. The number of aromatic nitrogens is 1. The molecule has 0 radical (unpaired) electrons. The van der Waals surface area contributed by atoms with Crippen molar-refractivity contribution in [3.63, 3.8) is 0 Å². The molecule has 1 heterocycles. The van der Waals surface area contributed by atoms with E-state index in [1.54, 1.807) is 24.4 Å². The van der Waals surface area contributed by atoms with Crippen LogP contribution in [0.2, 0.25) is 0 Å². The van der Waals surface area contributed by atoms with Crippen LogP contribution in [-0.2, 0) is 11.3 Å². The first-order valence-electron chi connectivity index (χ1n) is 6.98. The fraction of sp³-hybridized carbons (Fsp3) is 0.714. The minimum absolute atomic E-state index is 0.0821. The van der Waals surface area contributed by atoms with Crippen molar-refractivity contribution in [2.24, 2.45) is 5.92 Å². The Labute approximate surface area is 123 Å². The summed E-state index contributed by atoms with van der Waals surface area (Å²) in [5, 5.41) is 12.6. The SMILES string of the molecule is COCc1nc(C(=O)N(C)CC2CCCCC2O)cs1. The van der Waals surface area contributed by atoms with Gasteiger partial charge in [-0.15, -0.1) is 11.3 Å². The molecular formula is C14H22N2O3S. The van der Waals surface area contributed by atoms with Gasteiger partial charge in [0.15, 0.2) is 0 Å². The van der Waals surface area contributed by atoms with E-state index in [1.807, 2.05) is 0 Å². The number of aliphatic hydroxyl groups excluding tert-OH is 1. The Morgan fingerprint density at radius 2 is 2.30 bits per heavy atom. The molecule has 2 rings (SSSR count). The van der Waals surface area contributed by atoms with Crippen LogP contribution in [0, 0.1) is 5.92 Å². The van der Waals surface area contributed by atoms with Gasteiger partial charge in [0.1, 0.15) is 10.7 Å². The first-order chi connectivity index (χ1) is 9.61. The standard InChI is InChI=1S/C14H22N2O3S/c1-16(7-10-5-3-4-6-12(10)17)14(18)11-9-20-13(15-11)8-19-2/h9-10,12,17H,3-8H2,1-2H3. The van der Waals surface area contributed by atoms with E-state index < -0.39 is 0 Å². The Balaban J connectivity index is 1.93. The zero-order valence-corrected chi connectivity index (χ0v) is 12.9. The lowest BCUT2D eigenvalue weighted by Gasteiger charge is -2.30. The quantitative estimate of drug-likeness (QED) is 0.902. The van der Waals surface area contributed by atoms with Gasteiger partial charge in [-0.05, 0) is 12.8 Å². The summed E-state index contributed by atoms with van der Waals surface area (Å²) in [7, 11) is 3.39. The minimum Gasteiger partial charge on any atom is -0.393 e. The van der Waals surface area contributed by atoms with Gasteiger partial charge < -0.3 is 14.7 Å². The van der Waals surface area contributed by atoms with Crippen LogP contribution in [0.3, 0.4) is 0 Å². The van der Waals surface area contributed by atoms with Gasteiger partial charge in [-0.2, -0.15) is 0 Å². The Kier molecular flexibility index (Phi) is 5.51. The fourth-order valence-electron chi connectivity index (χ4n) is 2.63. The van der Waals surface area contributed by atoms with Crippen molar-refractivity contribution in [2.45, 2.75) is 38.4 Å². The third-order valence-corrected chi connectivity index (χ3v) is 4.59. The maximum absolute atomic E-state index is 12.3. The number of thiazole rings is 1. The summed E-state index contributed by atoms with van der Waals surface area (Å²) in [6.45, 7) is 1.03. The highest BCUT2D eigenvalue weighted by atomic mass is 32.1. The molecule has 0 aromatic carbocycles. The van der Waals surface area contributed by atoms with Gasteiger partial charge in [-0.3, -0.25) is 4.79 Å². The third-order valence-electron chi connectivity index (χ3n) is 3.76. The first kappa shape index (κ1) is 15.4. The Morgan fingerprint density at radius 3 is 3.00 bits per heavy atom. The van der Waals surface area contributed by atoms with Crippen molar-refractivity contribution in [1.29, 1.82) is 0 Å². The summed E-state index contributed by atoms with van der Waals surface area (Å²) in [6, 6.07) is 0. The number of methoxy groups -OCH3 is 1. The van der Waals surface area contributed by atoms with Gasteiger partial charge in [0.05, 0.1) is 12.7 Å². The van der Waals surface area contributed by atoms with Crippen molar-refractivity contribution < 1.29 is 14.6 Å². The molecule has 1 fully saturated rings. The molecule has 0 saturated heterocycles. The number of nitrogens with zero attached hydrogens (tertiary/aromatic N) is 2. The maximum atomic E-state index is 12.3. The molecule has 2 atom stereocenters. The Morgan fingerprint density at radius 1 is 1.55 bits per heavy atom. The average molecular weight is 298 g/mol. The van der Waals surface area contributed by atoms with Crippen LogP contribution >= 0.6 is 11.3 Å². The lowest BCUT2D eigenvalue weighted by Crippen LogP contribution is -2.38. The number of carbonyl (C=O) groups excluding carboxylic acids is 1. The van der Waals surface area contributed by atoms with E-state index in [9.17, 15) is 9.90 Å². The summed E-state index contributed by atoms with van der Waals surface area (Å²) in [6.07, 6.45) is 3.78. The van der Waals surface area contributed by atoms with E-state index >= 15 is 0 Å². The highest BCUT2D eigenvalue weighted by Gasteiger charge is 2.26. The van der Waals surface area contributed by atoms with Gasteiger partial charge in [-0.25, -0.2) is 4.98 Å². The highest BCUT2D eigenvalue weighted by Crippen LogP contribution is 2.25. The second kappa shape index (κ2) is 7.15. The molecule has 20 heavy (non-hydrogen) atoms. The molecule has 5 nitrogen and oxygen atoms in total.